The van der Waals surface area contributed by atoms with E-state index in [1.807, 2.05) is 5.32 Å². The van der Waals surface area contributed by atoms with Crippen LogP contribution in [0.15, 0.2) is 36.0 Å². The fourth-order valence-corrected chi connectivity index (χ4v) is 1.88. The van der Waals surface area contributed by atoms with E-state index in [4.69, 9.17) is 15.7 Å². The van der Waals surface area contributed by atoms with Crippen molar-refractivity contribution >= 4 is 17.7 Å². The van der Waals surface area contributed by atoms with E-state index < -0.39 is 35.0 Å². The third-order valence-electron chi connectivity index (χ3n) is 3.00. The number of hydrogen-bond donors (Lipinski definition) is 2. The first-order valence-corrected chi connectivity index (χ1v) is 7.47. The number of carbonyl (C=O) groups is 2. The van der Waals surface area contributed by atoms with Crippen LogP contribution >= 0.6 is 0 Å². The fraction of sp³-hybridized carbons (Fsp3) is 0.312. The van der Waals surface area contributed by atoms with Gasteiger partial charge in [-0.15, -0.1) is 0 Å². The minimum Gasteiger partial charge on any atom is -0.449 e. The molecule has 0 aliphatic carbocycles. The fourth-order valence-electron chi connectivity index (χ4n) is 1.88. The van der Waals surface area contributed by atoms with Gasteiger partial charge in [-0.3, -0.25) is 9.69 Å². The van der Waals surface area contributed by atoms with E-state index in [2.05, 4.69) is 0 Å². The molecule has 1 aromatic carbocycles. The van der Waals surface area contributed by atoms with Gasteiger partial charge in [0.2, 0.25) is 0 Å². The summed E-state index contributed by atoms with van der Waals surface area (Å²) in [7, 11) is 0. The highest BCUT2D eigenvalue weighted by Gasteiger charge is 2.33. The van der Waals surface area contributed by atoms with E-state index in [1.54, 1.807) is 13.0 Å². The SMILES string of the molecule is CCOC(=O)N(/C=C(/C#N)C(=O)Nc1ccccc1C(F)(F)F)CCN. The molecule has 1 rings (SSSR count). The number of nitrogens with one attached hydrogen (secondary N) is 1. The molecule has 2 amide bonds. The lowest BCUT2D eigenvalue weighted by Crippen LogP contribution is -2.32. The number of nitrogens with two attached hydrogens (primary N) is 1. The summed E-state index contributed by atoms with van der Waals surface area (Å²) in [5, 5.41) is 11.1. The first kappa shape index (κ1) is 21.0. The summed E-state index contributed by atoms with van der Waals surface area (Å²) in [6, 6.07) is 5.87. The van der Waals surface area contributed by atoms with Gasteiger partial charge >= 0.3 is 12.3 Å². The van der Waals surface area contributed by atoms with Crippen LogP contribution in [0.1, 0.15) is 12.5 Å². The average molecular weight is 370 g/mol. The van der Waals surface area contributed by atoms with Gasteiger partial charge in [0.1, 0.15) is 11.6 Å². The Balaban J connectivity index is 3.10. The van der Waals surface area contributed by atoms with Crippen molar-refractivity contribution < 1.29 is 27.5 Å². The zero-order valence-corrected chi connectivity index (χ0v) is 13.8. The second-order valence-corrected chi connectivity index (χ2v) is 4.83. The summed E-state index contributed by atoms with van der Waals surface area (Å²) < 4.78 is 43.7. The molecule has 7 nitrogen and oxygen atoms in total. The van der Waals surface area contributed by atoms with Gasteiger partial charge in [0.25, 0.3) is 5.91 Å². The predicted octanol–water partition coefficient (Wildman–Crippen LogP) is 2.47. The van der Waals surface area contributed by atoms with Gasteiger partial charge in [-0.2, -0.15) is 18.4 Å². The molecule has 140 valence electrons. The number of ether oxygens (including phenoxy) is 1. The molecule has 1 aromatic rings. The van der Waals surface area contributed by atoms with Crippen LogP contribution in [0.4, 0.5) is 23.7 Å². The molecular weight excluding hydrogens is 353 g/mol. The van der Waals surface area contributed by atoms with Gasteiger partial charge in [0.05, 0.1) is 17.9 Å². The van der Waals surface area contributed by atoms with Crippen molar-refractivity contribution in [1.82, 2.24) is 4.90 Å². The molecule has 0 spiro atoms. The Hall–Kier alpha value is -3.06. The molecule has 3 N–H and O–H groups in total. The molecule has 0 heterocycles. The van der Waals surface area contributed by atoms with E-state index in [-0.39, 0.29) is 19.7 Å². The van der Waals surface area contributed by atoms with Crippen LogP contribution in [-0.4, -0.2) is 36.6 Å². The Morgan fingerprint density at radius 1 is 1.38 bits per heavy atom. The van der Waals surface area contributed by atoms with Gasteiger partial charge in [-0.05, 0) is 19.1 Å². The molecule has 0 unspecified atom stereocenters. The molecule has 0 aromatic heterocycles. The molecule has 0 fully saturated rings. The van der Waals surface area contributed by atoms with E-state index in [9.17, 15) is 22.8 Å². The van der Waals surface area contributed by atoms with Crippen LogP contribution in [-0.2, 0) is 15.7 Å². The maximum atomic E-state index is 13.0. The Labute approximate surface area is 147 Å². The van der Waals surface area contributed by atoms with Crippen molar-refractivity contribution in [3.63, 3.8) is 0 Å². The van der Waals surface area contributed by atoms with Crippen molar-refractivity contribution in [3.8, 4) is 6.07 Å². The number of benzene rings is 1. The van der Waals surface area contributed by atoms with Gasteiger partial charge < -0.3 is 15.8 Å². The van der Waals surface area contributed by atoms with Crippen molar-refractivity contribution in [2.45, 2.75) is 13.1 Å². The van der Waals surface area contributed by atoms with Crippen LogP contribution in [0, 0.1) is 11.3 Å². The number of para-hydroxylation sites is 1. The number of nitriles is 1. The first-order valence-electron chi connectivity index (χ1n) is 7.47. The Morgan fingerprint density at radius 3 is 2.58 bits per heavy atom. The summed E-state index contributed by atoms with van der Waals surface area (Å²) in [4.78, 5) is 24.8. The van der Waals surface area contributed by atoms with Crippen LogP contribution in [0.3, 0.4) is 0 Å². The van der Waals surface area contributed by atoms with Gasteiger partial charge in [0.15, 0.2) is 0 Å². The highest BCUT2D eigenvalue weighted by Crippen LogP contribution is 2.34. The number of amides is 2. The van der Waals surface area contributed by atoms with Crippen LogP contribution in [0.5, 0.6) is 0 Å². The van der Waals surface area contributed by atoms with Crippen molar-refractivity contribution in [2.75, 3.05) is 25.0 Å². The van der Waals surface area contributed by atoms with E-state index in [0.29, 0.717) is 0 Å². The first-order chi connectivity index (χ1) is 12.2. The summed E-state index contributed by atoms with van der Waals surface area (Å²) in [5.41, 5.74) is 3.21. The summed E-state index contributed by atoms with van der Waals surface area (Å²) in [6.07, 6.45) is -4.64. The molecule has 0 bridgehead atoms. The Bertz CT molecular complexity index is 726. The second kappa shape index (κ2) is 9.43. The Morgan fingerprint density at radius 2 is 2.04 bits per heavy atom. The highest BCUT2D eigenvalue weighted by molar-refractivity contribution is 6.07. The standard InChI is InChI=1S/C16H17F3N4O3/c1-2-26-15(25)23(8-7-20)10-11(9-21)14(24)22-13-6-4-3-5-12(13)16(17,18)19/h3-6,10H,2,7-8,20H2,1H3,(H,22,24)/b11-10-. The van der Waals surface area contributed by atoms with Crippen LogP contribution < -0.4 is 11.1 Å². The number of anilines is 1. The average Bonchev–Trinajstić information content (AvgIpc) is 2.58. The zero-order valence-electron chi connectivity index (χ0n) is 13.8. The van der Waals surface area contributed by atoms with E-state index in [0.717, 1.165) is 23.2 Å². The summed E-state index contributed by atoms with van der Waals surface area (Å²) in [6.45, 7) is 1.60. The molecule has 0 saturated carbocycles. The summed E-state index contributed by atoms with van der Waals surface area (Å²) >= 11 is 0. The normalized spacial score (nSPS) is 11.5. The largest absolute Gasteiger partial charge is 0.449 e. The molecule has 26 heavy (non-hydrogen) atoms. The molecule has 10 heteroatoms. The molecule has 0 aliphatic rings. The second-order valence-electron chi connectivity index (χ2n) is 4.83. The van der Waals surface area contributed by atoms with E-state index in [1.165, 1.54) is 12.1 Å². The van der Waals surface area contributed by atoms with Crippen molar-refractivity contribution in [2.24, 2.45) is 5.73 Å². The van der Waals surface area contributed by atoms with E-state index >= 15 is 0 Å². The van der Waals surface area contributed by atoms with Gasteiger partial charge in [0, 0.05) is 19.3 Å². The van der Waals surface area contributed by atoms with Crippen LogP contribution in [0.2, 0.25) is 0 Å². The molecule has 0 atom stereocenters. The zero-order chi connectivity index (χ0) is 19.7. The highest BCUT2D eigenvalue weighted by atomic mass is 19.4. The number of nitrogens with zero attached hydrogens (tertiary/aromatic N) is 2. The smallest absolute Gasteiger partial charge is 0.418 e. The molecular formula is C16H17F3N4O3. The summed E-state index contributed by atoms with van der Waals surface area (Å²) in [5.74, 6) is -1.10. The Kier molecular flexibility index (Phi) is 7.61. The number of hydrogen-bond acceptors (Lipinski definition) is 5. The number of alkyl halides is 3. The van der Waals surface area contributed by atoms with Gasteiger partial charge in [-0.25, -0.2) is 4.79 Å². The maximum absolute atomic E-state index is 13.0. The quantitative estimate of drug-likeness (QED) is 0.591. The lowest BCUT2D eigenvalue weighted by molar-refractivity contribution is -0.137. The third kappa shape index (κ3) is 5.78. The molecule has 0 radical (unpaired) electrons. The lowest BCUT2D eigenvalue weighted by atomic mass is 10.1. The predicted molar refractivity (Wildman–Crippen MR) is 86.6 cm³/mol. The minimum atomic E-state index is -4.68. The number of rotatable bonds is 6. The number of carbonyl (C=O) groups excluding carboxylic acids is 2. The molecule has 0 saturated heterocycles. The third-order valence-corrected chi connectivity index (χ3v) is 3.00. The number of halogens is 3. The maximum Gasteiger partial charge on any atom is 0.418 e. The minimum absolute atomic E-state index is 0.0204. The van der Waals surface area contributed by atoms with Crippen LogP contribution in [0.25, 0.3) is 0 Å². The monoisotopic (exact) mass is 370 g/mol. The topological polar surface area (TPSA) is 108 Å². The van der Waals surface area contributed by atoms with Gasteiger partial charge in [-0.1, -0.05) is 12.1 Å². The lowest BCUT2D eigenvalue weighted by Gasteiger charge is -2.17. The molecule has 0 aliphatic heterocycles. The van der Waals surface area contributed by atoms with Crippen molar-refractivity contribution in [1.29, 1.82) is 5.26 Å². The van der Waals surface area contributed by atoms with Crippen molar-refractivity contribution in [3.05, 3.63) is 41.6 Å².